The zero-order chi connectivity index (χ0) is 13.7. The molecule has 1 N–H and O–H groups in total. The highest BCUT2D eigenvalue weighted by atomic mass is 16.2. The highest BCUT2D eigenvalue weighted by Crippen LogP contribution is 2.13. The molecule has 0 aliphatic carbocycles. The molecule has 5 heteroatoms. The number of nitrogens with zero attached hydrogens (tertiary/aromatic N) is 3. The third kappa shape index (κ3) is 3.57. The van der Waals surface area contributed by atoms with Gasteiger partial charge in [0, 0.05) is 18.8 Å². The van der Waals surface area contributed by atoms with Gasteiger partial charge in [-0.05, 0) is 47.8 Å². The molecule has 0 saturated heterocycles. The number of hydrogen-bond donors (Lipinski definition) is 1. The number of hydrogen-bond acceptors (Lipinski definition) is 3. The van der Waals surface area contributed by atoms with Crippen LogP contribution < -0.4 is 0 Å². The summed E-state index contributed by atoms with van der Waals surface area (Å²) in [7, 11) is 4.09. The zero-order valence-corrected chi connectivity index (χ0v) is 12.1. The van der Waals surface area contributed by atoms with Gasteiger partial charge < -0.3 is 9.80 Å². The van der Waals surface area contributed by atoms with Crippen LogP contribution >= 0.6 is 0 Å². The fourth-order valence-electron chi connectivity index (χ4n) is 2.01. The number of H-pyrrole nitrogens is 1. The van der Waals surface area contributed by atoms with Gasteiger partial charge in [-0.3, -0.25) is 9.89 Å². The lowest BCUT2D eigenvalue weighted by Gasteiger charge is -2.22. The van der Waals surface area contributed by atoms with Crippen LogP contribution in [0.3, 0.4) is 0 Å². The fourth-order valence-corrected chi connectivity index (χ4v) is 2.01. The van der Waals surface area contributed by atoms with Crippen LogP contribution in [0.2, 0.25) is 0 Å². The molecule has 0 spiro atoms. The first-order valence-corrected chi connectivity index (χ1v) is 6.43. The Bertz CT molecular complexity index is 378. The smallest absolute Gasteiger partial charge is 0.257 e. The van der Waals surface area contributed by atoms with Crippen LogP contribution in [-0.2, 0) is 0 Å². The number of rotatable bonds is 6. The molecule has 1 rings (SSSR count). The summed E-state index contributed by atoms with van der Waals surface area (Å²) >= 11 is 0. The van der Waals surface area contributed by atoms with Crippen LogP contribution in [0.25, 0.3) is 0 Å². The van der Waals surface area contributed by atoms with Crippen LogP contribution in [0.4, 0.5) is 0 Å². The summed E-state index contributed by atoms with van der Waals surface area (Å²) in [5, 5.41) is 6.95. The van der Waals surface area contributed by atoms with Crippen molar-refractivity contribution in [3.8, 4) is 0 Å². The van der Waals surface area contributed by atoms with Gasteiger partial charge in [-0.25, -0.2) is 0 Å². The van der Waals surface area contributed by atoms with E-state index in [9.17, 15) is 4.79 Å². The normalized spacial score (nSPS) is 11.0. The summed E-state index contributed by atoms with van der Waals surface area (Å²) in [4.78, 5) is 16.4. The topological polar surface area (TPSA) is 52.2 Å². The summed E-state index contributed by atoms with van der Waals surface area (Å²) in [6, 6.07) is 0. The van der Waals surface area contributed by atoms with Gasteiger partial charge in [0.25, 0.3) is 5.91 Å². The summed E-state index contributed by atoms with van der Waals surface area (Å²) in [5.41, 5.74) is 2.36. The molecular formula is C13H24N4O. The van der Waals surface area contributed by atoms with Gasteiger partial charge in [0.05, 0.1) is 11.3 Å². The van der Waals surface area contributed by atoms with Crippen LogP contribution in [-0.4, -0.2) is 59.6 Å². The van der Waals surface area contributed by atoms with E-state index >= 15 is 0 Å². The molecule has 0 radical (unpaired) electrons. The van der Waals surface area contributed by atoms with Crippen LogP contribution in [0.5, 0.6) is 0 Å². The van der Waals surface area contributed by atoms with Crippen molar-refractivity contribution in [1.82, 2.24) is 20.0 Å². The minimum Gasteiger partial charge on any atom is -0.339 e. The Hall–Kier alpha value is -1.36. The predicted molar refractivity (Wildman–Crippen MR) is 72.8 cm³/mol. The summed E-state index contributed by atoms with van der Waals surface area (Å²) < 4.78 is 0. The monoisotopic (exact) mass is 252 g/mol. The van der Waals surface area contributed by atoms with Gasteiger partial charge in [0.15, 0.2) is 0 Å². The second-order valence-corrected chi connectivity index (χ2v) is 4.85. The molecule has 0 aromatic carbocycles. The minimum absolute atomic E-state index is 0.0833. The average molecular weight is 252 g/mol. The van der Waals surface area contributed by atoms with Gasteiger partial charge in [-0.2, -0.15) is 5.10 Å². The first-order chi connectivity index (χ1) is 8.47. The van der Waals surface area contributed by atoms with E-state index in [0.29, 0.717) is 0 Å². The Morgan fingerprint density at radius 2 is 1.94 bits per heavy atom. The van der Waals surface area contributed by atoms with Crippen molar-refractivity contribution in [2.24, 2.45) is 0 Å². The van der Waals surface area contributed by atoms with E-state index in [2.05, 4.69) is 15.1 Å². The predicted octanol–water partition coefficient (Wildman–Crippen LogP) is 1.44. The second kappa shape index (κ2) is 6.54. The van der Waals surface area contributed by atoms with Gasteiger partial charge in [-0.1, -0.05) is 0 Å². The molecule has 1 amide bonds. The molecule has 1 aromatic heterocycles. The van der Waals surface area contributed by atoms with E-state index in [1.54, 1.807) is 0 Å². The first-order valence-electron chi connectivity index (χ1n) is 6.43. The van der Waals surface area contributed by atoms with Crippen molar-refractivity contribution >= 4 is 5.91 Å². The maximum Gasteiger partial charge on any atom is 0.257 e. The number of aryl methyl sites for hydroxylation is 2. The Kier molecular flexibility index (Phi) is 5.34. The molecule has 18 heavy (non-hydrogen) atoms. The summed E-state index contributed by atoms with van der Waals surface area (Å²) in [6.07, 6.45) is 0.989. The third-order valence-corrected chi connectivity index (χ3v) is 3.04. The van der Waals surface area contributed by atoms with Crippen molar-refractivity contribution in [3.63, 3.8) is 0 Å². The van der Waals surface area contributed by atoms with Gasteiger partial charge in [0.1, 0.15) is 0 Å². The molecule has 0 bridgehead atoms. The Morgan fingerprint density at radius 1 is 1.28 bits per heavy atom. The fraction of sp³-hybridized carbons (Fsp3) is 0.692. The molecule has 5 nitrogen and oxygen atoms in total. The third-order valence-electron chi connectivity index (χ3n) is 3.04. The largest absolute Gasteiger partial charge is 0.339 e. The molecule has 1 heterocycles. The van der Waals surface area contributed by atoms with Crippen molar-refractivity contribution in [3.05, 3.63) is 17.0 Å². The highest BCUT2D eigenvalue weighted by molar-refractivity contribution is 5.96. The zero-order valence-electron chi connectivity index (χ0n) is 12.1. The number of carbonyl (C=O) groups is 1. The molecule has 0 aliphatic heterocycles. The quantitative estimate of drug-likeness (QED) is 0.833. The number of aromatic amines is 1. The lowest BCUT2D eigenvalue weighted by Crippen LogP contribution is -2.33. The minimum atomic E-state index is 0.0833. The lowest BCUT2D eigenvalue weighted by molar-refractivity contribution is 0.0758. The van der Waals surface area contributed by atoms with Crippen LogP contribution in [0, 0.1) is 13.8 Å². The van der Waals surface area contributed by atoms with Crippen molar-refractivity contribution in [2.45, 2.75) is 27.2 Å². The van der Waals surface area contributed by atoms with E-state index in [1.165, 1.54) is 0 Å². The van der Waals surface area contributed by atoms with Crippen molar-refractivity contribution in [2.75, 3.05) is 33.7 Å². The number of amides is 1. The van der Waals surface area contributed by atoms with Crippen LogP contribution in [0.1, 0.15) is 35.1 Å². The number of nitrogens with one attached hydrogen (secondary N) is 1. The molecule has 0 unspecified atom stereocenters. The maximum atomic E-state index is 12.4. The highest BCUT2D eigenvalue weighted by Gasteiger charge is 2.20. The maximum absolute atomic E-state index is 12.4. The van der Waals surface area contributed by atoms with Gasteiger partial charge in [-0.15, -0.1) is 0 Å². The Balaban J connectivity index is 2.68. The second-order valence-electron chi connectivity index (χ2n) is 4.85. The van der Waals surface area contributed by atoms with E-state index in [0.717, 1.165) is 43.0 Å². The van der Waals surface area contributed by atoms with E-state index < -0.39 is 0 Å². The van der Waals surface area contributed by atoms with Gasteiger partial charge >= 0.3 is 0 Å². The van der Waals surface area contributed by atoms with E-state index in [1.807, 2.05) is 39.8 Å². The van der Waals surface area contributed by atoms with E-state index in [4.69, 9.17) is 0 Å². The first kappa shape index (κ1) is 14.7. The summed E-state index contributed by atoms with van der Waals surface area (Å²) in [6.45, 7) is 8.28. The SMILES string of the molecule is CCN(CCCN(C)C)C(=O)c1c(C)n[nH]c1C. The van der Waals surface area contributed by atoms with Gasteiger partial charge in [0.2, 0.25) is 0 Å². The Morgan fingerprint density at radius 3 is 2.39 bits per heavy atom. The standard InChI is InChI=1S/C13H24N4O/c1-6-17(9-7-8-16(4)5)13(18)12-10(2)14-15-11(12)3/h6-9H2,1-5H3,(H,14,15). The average Bonchev–Trinajstić information content (AvgIpc) is 2.63. The molecule has 0 fully saturated rings. The van der Waals surface area contributed by atoms with Crippen LogP contribution in [0.15, 0.2) is 0 Å². The number of carbonyl (C=O) groups excluding carboxylic acids is 1. The molecule has 102 valence electrons. The lowest BCUT2D eigenvalue weighted by atomic mass is 10.1. The van der Waals surface area contributed by atoms with Crippen molar-refractivity contribution < 1.29 is 4.79 Å². The van der Waals surface area contributed by atoms with Crippen molar-refractivity contribution in [1.29, 1.82) is 0 Å². The molecule has 1 aromatic rings. The Labute approximate surface area is 109 Å². The van der Waals surface area contributed by atoms with E-state index in [-0.39, 0.29) is 5.91 Å². The number of aromatic nitrogens is 2. The molecule has 0 aliphatic rings. The molecular weight excluding hydrogens is 228 g/mol. The molecule has 0 atom stereocenters. The molecule has 0 saturated carbocycles. The summed E-state index contributed by atoms with van der Waals surface area (Å²) in [5.74, 6) is 0.0833.